The monoisotopic (exact) mass is 1380 g/mol. The van der Waals surface area contributed by atoms with Gasteiger partial charge < -0.3 is 29.7 Å². The number of nitrogens with zero attached hydrogens (tertiary/aromatic N) is 10. The highest BCUT2D eigenvalue weighted by atomic mass is 19.1. The molecule has 2 N–H and O–H groups in total. The van der Waals surface area contributed by atoms with Crippen molar-refractivity contribution >= 4 is 62.2 Å². The first-order chi connectivity index (χ1) is 50.5. The lowest BCUT2D eigenvalue weighted by Gasteiger charge is -2.15. The number of amides is 3. The normalized spacial score (nSPS) is 12.3. The van der Waals surface area contributed by atoms with Crippen LogP contribution in [0.5, 0.6) is 34.5 Å². The molecule has 3 amide bonds. The van der Waals surface area contributed by atoms with Crippen molar-refractivity contribution in [2.24, 2.45) is 0 Å². The fourth-order valence-electron chi connectivity index (χ4n) is 12.3. The summed E-state index contributed by atoms with van der Waals surface area (Å²) in [4.78, 5) is 90.9. The molecular formula is C82H67FN12O9. The van der Waals surface area contributed by atoms with Crippen LogP contribution in [-0.2, 0) is 14.4 Å². The quantitative estimate of drug-likeness (QED) is 0.0812. The molecule has 0 bridgehead atoms. The van der Waals surface area contributed by atoms with Gasteiger partial charge in [0, 0.05) is 61.3 Å². The molecule has 15 rings (SSSR count). The number of carbonyl (C=O) groups is 3. The van der Waals surface area contributed by atoms with Gasteiger partial charge in [0.15, 0.2) is 11.6 Å². The maximum Gasteiger partial charge on any atom is 0.338 e. The standard InChI is InChI=1S/2C28H22N4O3.C26H23FN4O3/c1-3-27(33)30-20-8-5-9-21(16-20)31-25-13-14-29-18-26(25)32(28(31)34)22-10-6-12-24(17-22)35-23-11-4-7-19(2)15-23;1-3-27(33)30-20-6-4-7-21(16-20)31-25-14-15-29-18-26(25)32(28(31)34)22-8-5-9-24(17-22)35-23-12-10-19(2)11-13-23;1-3-25(32)29-12-10-19(16-29)31-22-9-11-28-15-23(22)30(26(31)33)18-7-8-24(21(27)14-18)34-20-6-4-5-17(2)13-20/h2*3-18H,1H2,2H3,(H,30,33);3-9,11,13-15,19H,1,10,12,16H2,2H3/t;;19-/m..1/s1. The third kappa shape index (κ3) is 14.7. The molecule has 1 aliphatic rings. The van der Waals surface area contributed by atoms with Crippen molar-refractivity contribution in [3.05, 3.63) is 335 Å². The SMILES string of the molecule is C=CC(=O)N1CC[C@@H](n2c(=O)n(-c3ccc(Oc4cccc(C)c4)c(F)c3)c3cnccc32)C1.C=CC(=O)Nc1cccc(-n2c(=O)n(-c3cccc(Oc4ccc(C)cc4)c3)c3cnccc32)c1.C=CC(=O)Nc1cccc(-n2c(=O)n(-c3cccc(Oc4cccc(C)c4)c3)c3cnccc32)c1. The van der Waals surface area contributed by atoms with E-state index in [9.17, 15) is 28.8 Å². The van der Waals surface area contributed by atoms with Gasteiger partial charge in [-0.3, -0.25) is 56.7 Å². The van der Waals surface area contributed by atoms with Crippen molar-refractivity contribution in [3.8, 4) is 62.9 Å². The van der Waals surface area contributed by atoms with Crippen LogP contribution in [0.25, 0.3) is 61.5 Å². The fraction of sp³-hybridized carbons (Fsp3) is 0.0854. The summed E-state index contributed by atoms with van der Waals surface area (Å²) in [6.07, 6.45) is 14.1. The maximum absolute atomic E-state index is 15.0. The van der Waals surface area contributed by atoms with Gasteiger partial charge in [0.1, 0.15) is 28.7 Å². The van der Waals surface area contributed by atoms with Crippen LogP contribution in [0.1, 0.15) is 29.2 Å². The highest BCUT2D eigenvalue weighted by Crippen LogP contribution is 2.33. The van der Waals surface area contributed by atoms with Crippen LogP contribution >= 0.6 is 0 Å². The number of rotatable bonds is 17. The van der Waals surface area contributed by atoms with E-state index in [-0.39, 0.29) is 46.6 Å². The summed E-state index contributed by atoms with van der Waals surface area (Å²) in [6.45, 7) is 17.4. The van der Waals surface area contributed by atoms with Crippen LogP contribution in [0.3, 0.4) is 0 Å². The summed E-state index contributed by atoms with van der Waals surface area (Å²) < 4.78 is 42.3. The number of pyridine rings is 3. The highest BCUT2D eigenvalue weighted by Gasteiger charge is 2.31. The van der Waals surface area contributed by atoms with Crippen molar-refractivity contribution in [2.45, 2.75) is 33.2 Å². The second-order valence-corrected chi connectivity index (χ2v) is 24.3. The fourth-order valence-corrected chi connectivity index (χ4v) is 12.3. The number of imidazole rings is 3. The van der Waals surface area contributed by atoms with Gasteiger partial charge in [-0.15, -0.1) is 0 Å². The molecule has 6 aromatic heterocycles. The van der Waals surface area contributed by atoms with Crippen molar-refractivity contribution in [2.75, 3.05) is 23.7 Å². The molecule has 0 unspecified atom stereocenters. The number of likely N-dealkylation sites (tertiary alicyclic amines) is 1. The summed E-state index contributed by atoms with van der Waals surface area (Å²) in [6, 6.07) is 61.4. The molecule has 7 heterocycles. The average molecular weight is 1380 g/mol. The smallest absolute Gasteiger partial charge is 0.338 e. The first kappa shape index (κ1) is 68.5. The molecular weight excluding hydrogens is 1320 g/mol. The minimum absolute atomic E-state index is 0.0682. The Morgan fingerprint density at radius 3 is 1.35 bits per heavy atom. The molecule has 516 valence electrons. The van der Waals surface area contributed by atoms with E-state index in [0.29, 0.717) is 115 Å². The van der Waals surface area contributed by atoms with Crippen LogP contribution in [0.2, 0.25) is 0 Å². The Balaban J connectivity index is 0.000000139. The Bertz CT molecular complexity index is 5850. The Hall–Kier alpha value is -14.0. The number of anilines is 2. The molecule has 0 aliphatic carbocycles. The molecule has 104 heavy (non-hydrogen) atoms. The third-order valence-corrected chi connectivity index (χ3v) is 17.1. The second kappa shape index (κ2) is 30.2. The Kier molecular flexibility index (Phi) is 19.9. The van der Waals surface area contributed by atoms with Gasteiger partial charge in [-0.1, -0.05) is 86.0 Å². The largest absolute Gasteiger partial charge is 0.457 e. The maximum atomic E-state index is 15.0. The summed E-state index contributed by atoms with van der Waals surface area (Å²) in [5.41, 5.74) is 10.3. The van der Waals surface area contributed by atoms with Gasteiger partial charge in [0.2, 0.25) is 17.7 Å². The van der Waals surface area contributed by atoms with Crippen molar-refractivity contribution in [1.82, 2.24) is 47.3 Å². The Morgan fingerprint density at radius 2 is 0.856 bits per heavy atom. The number of ether oxygens (including phenoxy) is 3. The van der Waals surface area contributed by atoms with E-state index in [2.05, 4.69) is 45.3 Å². The number of aryl methyl sites for hydroxylation is 3. The van der Waals surface area contributed by atoms with Crippen LogP contribution in [0.15, 0.2) is 296 Å². The number of nitrogens with one attached hydrogen (secondary N) is 2. The number of aromatic nitrogens is 9. The first-order valence-electron chi connectivity index (χ1n) is 33.0. The van der Waals surface area contributed by atoms with Crippen LogP contribution in [0.4, 0.5) is 15.8 Å². The molecule has 22 heteroatoms. The number of halogens is 1. The van der Waals surface area contributed by atoms with Gasteiger partial charge in [-0.2, -0.15) is 0 Å². The number of fused-ring (bicyclic) bond motifs is 3. The summed E-state index contributed by atoms with van der Waals surface area (Å²) in [5, 5.41) is 5.47. The number of benzene rings is 8. The Labute approximate surface area is 594 Å². The predicted molar refractivity (Wildman–Crippen MR) is 400 cm³/mol. The zero-order chi connectivity index (χ0) is 72.5. The van der Waals surface area contributed by atoms with E-state index in [1.165, 1.54) is 34.9 Å². The molecule has 1 atom stereocenters. The molecule has 0 saturated carbocycles. The zero-order valence-electron chi connectivity index (χ0n) is 56.7. The van der Waals surface area contributed by atoms with Gasteiger partial charge >= 0.3 is 17.1 Å². The van der Waals surface area contributed by atoms with E-state index in [0.717, 1.165) is 22.4 Å². The third-order valence-electron chi connectivity index (χ3n) is 17.1. The Morgan fingerprint density at radius 1 is 0.433 bits per heavy atom. The zero-order valence-corrected chi connectivity index (χ0v) is 56.7. The van der Waals surface area contributed by atoms with Crippen LogP contribution in [0, 0.1) is 26.6 Å². The molecule has 14 aromatic rings. The number of hydrogen-bond donors (Lipinski definition) is 2. The lowest BCUT2D eigenvalue weighted by atomic mass is 10.2. The van der Waals surface area contributed by atoms with Crippen molar-refractivity contribution in [3.63, 3.8) is 0 Å². The number of carbonyl (C=O) groups excluding carboxylic acids is 3. The summed E-state index contributed by atoms with van der Waals surface area (Å²) >= 11 is 0. The first-order valence-corrected chi connectivity index (χ1v) is 33.0. The molecule has 0 spiro atoms. The van der Waals surface area contributed by atoms with Crippen molar-refractivity contribution in [1.29, 1.82) is 0 Å². The van der Waals surface area contributed by atoms with Crippen molar-refractivity contribution < 1.29 is 33.0 Å². The van der Waals surface area contributed by atoms with Crippen LogP contribution < -0.4 is 41.9 Å². The molecule has 1 fully saturated rings. The summed E-state index contributed by atoms with van der Waals surface area (Å²) in [7, 11) is 0. The molecule has 8 aromatic carbocycles. The molecule has 0 radical (unpaired) electrons. The average Bonchev–Trinajstić information content (AvgIpc) is 1.60. The molecule has 1 aliphatic heterocycles. The highest BCUT2D eigenvalue weighted by molar-refractivity contribution is 6.00. The van der Waals surface area contributed by atoms with E-state index in [1.807, 2.05) is 148 Å². The lowest BCUT2D eigenvalue weighted by Crippen LogP contribution is -2.31. The van der Waals surface area contributed by atoms with E-state index in [1.54, 1.807) is 132 Å². The molecule has 21 nitrogen and oxygen atoms in total. The van der Waals surface area contributed by atoms with Gasteiger partial charge in [-0.05, 0) is 184 Å². The predicted octanol–water partition coefficient (Wildman–Crippen LogP) is 15.2. The minimum atomic E-state index is -0.584. The summed E-state index contributed by atoms with van der Waals surface area (Å²) in [5.74, 6) is 1.85. The van der Waals surface area contributed by atoms with Gasteiger partial charge in [0.05, 0.1) is 86.2 Å². The van der Waals surface area contributed by atoms with E-state index >= 15 is 4.39 Å². The topological polar surface area (TPSA) is 226 Å². The van der Waals surface area contributed by atoms with E-state index in [4.69, 9.17) is 14.2 Å². The number of hydrogen-bond acceptors (Lipinski definition) is 12. The van der Waals surface area contributed by atoms with E-state index < -0.39 is 5.82 Å². The van der Waals surface area contributed by atoms with Crippen LogP contribution in [-0.4, -0.2) is 78.1 Å². The van der Waals surface area contributed by atoms with Gasteiger partial charge in [0.25, 0.3) is 0 Å². The molecule has 1 saturated heterocycles. The lowest BCUT2D eigenvalue weighted by molar-refractivity contribution is -0.125. The second-order valence-electron chi connectivity index (χ2n) is 24.3. The minimum Gasteiger partial charge on any atom is -0.457 e. The van der Waals surface area contributed by atoms with Gasteiger partial charge in [-0.25, -0.2) is 18.8 Å².